The summed E-state index contributed by atoms with van der Waals surface area (Å²) >= 11 is 0. The number of benzene rings is 2. The minimum atomic E-state index is -3.63. The maximum atomic E-state index is 13.4. The first-order valence-corrected chi connectivity index (χ1v) is 13.8. The van der Waals surface area contributed by atoms with Crippen molar-refractivity contribution >= 4 is 21.8 Å². The molecule has 0 heterocycles. The van der Waals surface area contributed by atoms with Crippen LogP contribution >= 0.6 is 0 Å². The van der Waals surface area contributed by atoms with Gasteiger partial charge in [-0.15, -0.1) is 0 Å². The van der Waals surface area contributed by atoms with Gasteiger partial charge in [-0.25, -0.2) is 12.7 Å². The van der Waals surface area contributed by atoms with Crippen LogP contribution in [0, 0.1) is 5.92 Å². The summed E-state index contributed by atoms with van der Waals surface area (Å²) in [5.41, 5.74) is 0.878. The molecule has 0 aliphatic heterocycles. The second kappa shape index (κ2) is 14.0. The Bertz CT molecular complexity index is 1070. The fourth-order valence-electron chi connectivity index (χ4n) is 3.76. The minimum Gasteiger partial charge on any atom is -0.497 e. The highest BCUT2D eigenvalue weighted by Crippen LogP contribution is 2.18. The Morgan fingerprint density at radius 1 is 1.03 bits per heavy atom. The predicted molar refractivity (Wildman–Crippen MR) is 141 cm³/mol. The van der Waals surface area contributed by atoms with Gasteiger partial charge in [-0.3, -0.25) is 9.59 Å². The maximum absolute atomic E-state index is 13.4. The average Bonchev–Trinajstić information content (AvgIpc) is 2.87. The van der Waals surface area contributed by atoms with Crippen LogP contribution in [-0.4, -0.2) is 62.7 Å². The SMILES string of the molecule is CC[C@@H](C(=O)NCC(C)C)N(Cc1ccc(OC)cc1)C(=O)CCCN(C)S(=O)(=O)c1ccccc1. The third-order valence-electron chi connectivity index (χ3n) is 5.90. The number of ether oxygens (including phenoxy) is 1. The van der Waals surface area contributed by atoms with Crippen LogP contribution in [-0.2, 0) is 26.2 Å². The summed E-state index contributed by atoms with van der Waals surface area (Å²) in [6.07, 6.45) is 0.928. The van der Waals surface area contributed by atoms with Crippen LogP contribution in [0.4, 0.5) is 0 Å². The van der Waals surface area contributed by atoms with Crippen LogP contribution in [0.5, 0.6) is 5.75 Å². The smallest absolute Gasteiger partial charge is 0.242 e. The number of rotatable bonds is 14. The fourth-order valence-corrected chi connectivity index (χ4v) is 4.99. The van der Waals surface area contributed by atoms with Gasteiger partial charge >= 0.3 is 0 Å². The Hall–Kier alpha value is -2.91. The summed E-state index contributed by atoms with van der Waals surface area (Å²) in [5, 5.41) is 2.94. The normalized spacial score (nSPS) is 12.4. The van der Waals surface area contributed by atoms with Crippen LogP contribution in [0.25, 0.3) is 0 Å². The molecule has 0 bridgehead atoms. The van der Waals surface area contributed by atoms with Gasteiger partial charge in [0.1, 0.15) is 11.8 Å². The monoisotopic (exact) mass is 517 g/mol. The number of amides is 2. The molecular weight excluding hydrogens is 478 g/mol. The molecule has 0 saturated heterocycles. The van der Waals surface area contributed by atoms with E-state index < -0.39 is 16.1 Å². The topological polar surface area (TPSA) is 96.0 Å². The standard InChI is InChI=1S/C27H39N3O5S/c1-6-25(27(32)28-19-21(2)3)30(20-22-14-16-23(35-5)17-15-22)26(31)13-10-18-29(4)36(33,34)24-11-8-7-9-12-24/h7-9,11-12,14-17,21,25H,6,10,13,18-20H2,1-5H3,(H,28,32)/t25-/m0/s1. The summed E-state index contributed by atoms with van der Waals surface area (Å²) < 4.78 is 32.0. The Balaban J connectivity index is 2.13. The van der Waals surface area contributed by atoms with Crippen molar-refractivity contribution in [1.29, 1.82) is 0 Å². The molecule has 2 aromatic carbocycles. The molecule has 2 rings (SSSR count). The number of carbonyl (C=O) groups excluding carboxylic acids is 2. The van der Waals surface area contributed by atoms with Crippen molar-refractivity contribution in [2.45, 2.75) is 57.5 Å². The van der Waals surface area contributed by atoms with Crippen molar-refractivity contribution in [3.63, 3.8) is 0 Å². The third kappa shape index (κ3) is 8.34. The zero-order valence-electron chi connectivity index (χ0n) is 21.9. The van der Waals surface area contributed by atoms with Gasteiger partial charge in [-0.1, -0.05) is 51.1 Å². The number of nitrogens with one attached hydrogen (secondary N) is 1. The zero-order chi connectivity index (χ0) is 26.7. The fraction of sp³-hybridized carbons (Fsp3) is 0.481. The molecular formula is C27H39N3O5S. The van der Waals surface area contributed by atoms with E-state index in [9.17, 15) is 18.0 Å². The molecule has 198 valence electrons. The van der Waals surface area contributed by atoms with Gasteiger partial charge in [-0.2, -0.15) is 0 Å². The summed E-state index contributed by atoms with van der Waals surface area (Å²) in [7, 11) is -0.530. The van der Waals surface area contributed by atoms with Gasteiger partial charge < -0.3 is 15.0 Å². The van der Waals surface area contributed by atoms with Crippen LogP contribution in [0.1, 0.15) is 45.6 Å². The zero-order valence-corrected chi connectivity index (χ0v) is 22.8. The van der Waals surface area contributed by atoms with Crippen LogP contribution in [0.15, 0.2) is 59.5 Å². The highest BCUT2D eigenvalue weighted by atomic mass is 32.2. The van der Waals surface area contributed by atoms with Gasteiger partial charge in [0, 0.05) is 33.1 Å². The van der Waals surface area contributed by atoms with Crippen molar-refractivity contribution in [2.24, 2.45) is 5.92 Å². The maximum Gasteiger partial charge on any atom is 0.242 e. The first kappa shape index (κ1) is 29.3. The molecule has 0 fully saturated rings. The number of carbonyl (C=O) groups is 2. The highest BCUT2D eigenvalue weighted by Gasteiger charge is 2.29. The van der Waals surface area contributed by atoms with E-state index in [-0.39, 0.29) is 36.2 Å². The third-order valence-corrected chi connectivity index (χ3v) is 7.77. The van der Waals surface area contributed by atoms with Crippen molar-refractivity contribution in [3.8, 4) is 5.75 Å². The number of hydrogen-bond donors (Lipinski definition) is 1. The number of methoxy groups -OCH3 is 1. The Morgan fingerprint density at radius 2 is 1.67 bits per heavy atom. The van der Waals surface area contributed by atoms with Crippen molar-refractivity contribution < 1.29 is 22.7 Å². The molecule has 36 heavy (non-hydrogen) atoms. The summed E-state index contributed by atoms with van der Waals surface area (Å²) in [6, 6.07) is 15.0. The molecule has 0 unspecified atom stereocenters. The number of hydrogen-bond acceptors (Lipinski definition) is 5. The van der Waals surface area contributed by atoms with E-state index in [0.717, 1.165) is 5.56 Å². The minimum absolute atomic E-state index is 0.124. The summed E-state index contributed by atoms with van der Waals surface area (Å²) in [5.74, 6) is 0.625. The molecule has 9 heteroatoms. The molecule has 0 radical (unpaired) electrons. The Morgan fingerprint density at radius 3 is 2.22 bits per heavy atom. The lowest BCUT2D eigenvalue weighted by molar-refractivity contribution is -0.141. The van der Waals surface area contributed by atoms with Gasteiger partial charge in [0.2, 0.25) is 21.8 Å². The quantitative estimate of drug-likeness (QED) is 0.413. The molecule has 1 N–H and O–H groups in total. The van der Waals surface area contributed by atoms with E-state index in [0.29, 0.717) is 31.1 Å². The van der Waals surface area contributed by atoms with E-state index >= 15 is 0 Å². The Labute approximate surface area is 215 Å². The summed E-state index contributed by atoms with van der Waals surface area (Å²) in [6.45, 7) is 6.91. The largest absolute Gasteiger partial charge is 0.497 e. The average molecular weight is 518 g/mol. The van der Waals surface area contributed by atoms with E-state index in [1.54, 1.807) is 42.3 Å². The van der Waals surface area contributed by atoms with Crippen LogP contribution in [0.3, 0.4) is 0 Å². The summed E-state index contributed by atoms with van der Waals surface area (Å²) in [4.78, 5) is 28.2. The van der Waals surface area contributed by atoms with Crippen LogP contribution in [0.2, 0.25) is 0 Å². The molecule has 1 atom stereocenters. The lowest BCUT2D eigenvalue weighted by atomic mass is 10.1. The first-order valence-electron chi connectivity index (χ1n) is 12.3. The molecule has 8 nitrogen and oxygen atoms in total. The van der Waals surface area contributed by atoms with Crippen LogP contribution < -0.4 is 10.1 Å². The van der Waals surface area contributed by atoms with Gasteiger partial charge in [0.15, 0.2) is 0 Å². The van der Waals surface area contributed by atoms with E-state index in [4.69, 9.17) is 4.74 Å². The second-order valence-electron chi connectivity index (χ2n) is 9.18. The van der Waals surface area contributed by atoms with Crippen molar-refractivity contribution in [1.82, 2.24) is 14.5 Å². The van der Waals surface area contributed by atoms with Gasteiger partial charge in [0.25, 0.3) is 0 Å². The number of nitrogens with zero attached hydrogens (tertiary/aromatic N) is 2. The first-order chi connectivity index (χ1) is 17.1. The highest BCUT2D eigenvalue weighted by molar-refractivity contribution is 7.89. The number of sulfonamides is 1. The molecule has 0 saturated carbocycles. The van der Waals surface area contributed by atoms with E-state index in [1.807, 2.05) is 45.0 Å². The van der Waals surface area contributed by atoms with Crippen molar-refractivity contribution in [2.75, 3.05) is 27.2 Å². The molecule has 0 spiro atoms. The Kier molecular flexibility index (Phi) is 11.4. The van der Waals surface area contributed by atoms with Crippen molar-refractivity contribution in [3.05, 3.63) is 60.2 Å². The molecule has 0 aliphatic carbocycles. The van der Waals surface area contributed by atoms with E-state index in [1.165, 1.54) is 11.4 Å². The lowest BCUT2D eigenvalue weighted by Crippen LogP contribution is -2.49. The molecule has 2 aromatic rings. The molecule has 0 aliphatic rings. The predicted octanol–water partition coefficient (Wildman–Crippen LogP) is 3.68. The molecule has 0 aromatic heterocycles. The van der Waals surface area contributed by atoms with Gasteiger partial charge in [0.05, 0.1) is 12.0 Å². The second-order valence-corrected chi connectivity index (χ2v) is 11.2. The lowest BCUT2D eigenvalue weighted by Gasteiger charge is -2.31. The van der Waals surface area contributed by atoms with Gasteiger partial charge in [-0.05, 0) is 48.6 Å². The molecule has 2 amide bonds. The van der Waals surface area contributed by atoms with E-state index in [2.05, 4.69) is 5.32 Å².